The van der Waals surface area contributed by atoms with Crippen LogP contribution in [0.4, 0.5) is 0 Å². The number of hydrogen-bond donors (Lipinski definition) is 1. The second-order valence-electron chi connectivity index (χ2n) is 5.64. The van der Waals surface area contributed by atoms with Crippen molar-refractivity contribution in [1.82, 2.24) is 4.90 Å². The van der Waals surface area contributed by atoms with Crippen LogP contribution in [0.1, 0.15) is 24.0 Å². The van der Waals surface area contributed by atoms with Crippen LogP contribution in [0.15, 0.2) is 42.5 Å². The number of amides is 1. The van der Waals surface area contributed by atoms with Crippen molar-refractivity contribution in [2.24, 2.45) is 0 Å². The van der Waals surface area contributed by atoms with E-state index in [0.717, 1.165) is 35.2 Å². The molecule has 0 aliphatic carbocycles. The largest absolute Gasteiger partial charge is 0.507 e. The van der Waals surface area contributed by atoms with E-state index in [1.54, 1.807) is 6.07 Å². The Hall–Kier alpha value is -2.29. The van der Waals surface area contributed by atoms with Gasteiger partial charge in [-0.25, -0.2) is 0 Å². The van der Waals surface area contributed by atoms with Gasteiger partial charge < -0.3 is 10.0 Å². The summed E-state index contributed by atoms with van der Waals surface area (Å²) in [5, 5.41) is 10.1. The van der Waals surface area contributed by atoms with Gasteiger partial charge >= 0.3 is 0 Å². The van der Waals surface area contributed by atoms with Crippen LogP contribution in [0.3, 0.4) is 0 Å². The second kappa shape index (κ2) is 5.60. The third kappa shape index (κ3) is 2.92. The number of nitrogens with zero attached hydrogens (tertiary/aromatic N) is 1. The van der Waals surface area contributed by atoms with E-state index < -0.39 is 0 Å². The molecule has 3 rings (SSSR count). The quantitative estimate of drug-likeness (QED) is 0.935. The molecule has 0 atom stereocenters. The zero-order valence-electron chi connectivity index (χ0n) is 12.2. The lowest BCUT2D eigenvalue weighted by Crippen LogP contribution is -2.23. The molecule has 0 unspecified atom stereocenters. The molecule has 1 amide bonds. The van der Waals surface area contributed by atoms with Crippen molar-refractivity contribution in [2.45, 2.75) is 26.3 Å². The normalized spacial score (nSPS) is 14.7. The smallest absolute Gasteiger partial charge is 0.222 e. The number of benzene rings is 2. The van der Waals surface area contributed by atoms with Gasteiger partial charge in [-0.05, 0) is 36.6 Å². The highest BCUT2D eigenvalue weighted by Gasteiger charge is 2.20. The fourth-order valence-electron chi connectivity index (χ4n) is 2.82. The number of likely N-dealkylation sites (tertiary alicyclic amines) is 1. The number of phenols is 1. The maximum Gasteiger partial charge on any atom is 0.222 e. The lowest BCUT2D eigenvalue weighted by molar-refractivity contribution is -0.128. The Morgan fingerprint density at radius 1 is 1.19 bits per heavy atom. The van der Waals surface area contributed by atoms with Gasteiger partial charge in [0.1, 0.15) is 5.75 Å². The minimum absolute atomic E-state index is 0.222. The Bertz CT molecular complexity index is 679. The molecular weight excluding hydrogens is 262 g/mol. The Balaban J connectivity index is 1.91. The van der Waals surface area contributed by atoms with Crippen LogP contribution in [0.25, 0.3) is 11.1 Å². The van der Waals surface area contributed by atoms with Gasteiger partial charge in [0.2, 0.25) is 5.91 Å². The van der Waals surface area contributed by atoms with Gasteiger partial charge in [-0.1, -0.05) is 35.9 Å². The Morgan fingerprint density at radius 3 is 2.76 bits per heavy atom. The summed E-state index contributed by atoms with van der Waals surface area (Å²) in [6.07, 6.45) is 1.60. The molecule has 1 aliphatic rings. The van der Waals surface area contributed by atoms with E-state index in [2.05, 4.69) is 6.07 Å². The first-order valence-corrected chi connectivity index (χ1v) is 7.30. The fourth-order valence-corrected chi connectivity index (χ4v) is 2.82. The third-order valence-electron chi connectivity index (χ3n) is 3.93. The fraction of sp³-hybridized carbons (Fsp3) is 0.278. The van der Waals surface area contributed by atoms with Crippen LogP contribution in [0, 0.1) is 6.92 Å². The topological polar surface area (TPSA) is 40.5 Å². The number of hydrogen-bond acceptors (Lipinski definition) is 2. The van der Waals surface area contributed by atoms with E-state index in [0.29, 0.717) is 13.0 Å². The van der Waals surface area contributed by atoms with Gasteiger partial charge in [0.05, 0.1) is 0 Å². The van der Waals surface area contributed by atoms with E-state index in [-0.39, 0.29) is 11.7 Å². The molecule has 1 fully saturated rings. The molecule has 1 heterocycles. The van der Waals surface area contributed by atoms with E-state index in [1.165, 1.54) is 0 Å². The van der Waals surface area contributed by atoms with Gasteiger partial charge in [0, 0.05) is 25.1 Å². The molecule has 21 heavy (non-hydrogen) atoms. The summed E-state index contributed by atoms with van der Waals surface area (Å²) in [6, 6.07) is 13.7. The van der Waals surface area contributed by atoms with Crippen molar-refractivity contribution < 1.29 is 9.90 Å². The number of carbonyl (C=O) groups is 1. The zero-order chi connectivity index (χ0) is 14.8. The summed E-state index contributed by atoms with van der Waals surface area (Å²) >= 11 is 0. The zero-order valence-corrected chi connectivity index (χ0v) is 12.2. The molecule has 2 aromatic rings. The number of carbonyl (C=O) groups excluding carboxylic acids is 1. The monoisotopic (exact) mass is 281 g/mol. The van der Waals surface area contributed by atoms with Gasteiger partial charge in [-0.2, -0.15) is 0 Å². The Morgan fingerprint density at radius 2 is 2.05 bits per heavy atom. The van der Waals surface area contributed by atoms with Crippen LogP contribution in [0.5, 0.6) is 5.75 Å². The summed E-state index contributed by atoms with van der Waals surface area (Å²) in [6.45, 7) is 3.49. The first kappa shape index (κ1) is 13.7. The molecule has 0 saturated carbocycles. The number of aryl methyl sites for hydroxylation is 1. The van der Waals surface area contributed by atoms with Gasteiger partial charge in [-0.15, -0.1) is 0 Å². The van der Waals surface area contributed by atoms with E-state index >= 15 is 0 Å². The summed E-state index contributed by atoms with van der Waals surface area (Å²) in [4.78, 5) is 13.6. The minimum atomic E-state index is 0.222. The van der Waals surface area contributed by atoms with Gasteiger partial charge in [0.15, 0.2) is 0 Å². The van der Waals surface area contributed by atoms with E-state index in [9.17, 15) is 9.90 Å². The highest BCUT2D eigenvalue weighted by atomic mass is 16.3. The van der Waals surface area contributed by atoms with Crippen LogP contribution < -0.4 is 0 Å². The predicted molar refractivity (Wildman–Crippen MR) is 82.9 cm³/mol. The maximum absolute atomic E-state index is 11.7. The molecule has 1 aliphatic heterocycles. The molecular formula is C18H19NO2. The van der Waals surface area contributed by atoms with Crippen molar-refractivity contribution in [2.75, 3.05) is 6.54 Å². The summed E-state index contributed by atoms with van der Waals surface area (Å²) < 4.78 is 0. The molecule has 1 N–H and O–H groups in total. The van der Waals surface area contributed by atoms with Crippen molar-refractivity contribution in [3.63, 3.8) is 0 Å². The Labute approximate surface area is 124 Å². The van der Waals surface area contributed by atoms with Crippen LogP contribution in [-0.2, 0) is 11.3 Å². The average molecular weight is 281 g/mol. The first-order valence-electron chi connectivity index (χ1n) is 7.30. The Kier molecular flexibility index (Phi) is 3.65. The highest BCUT2D eigenvalue weighted by Crippen LogP contribution is 2.31. The maximum atomic E-state index is 11.7. The SMILES string of the molecule is Cc1cccc(-c2cc(CN3CCCC3=O)ccc2O)c1. The van der Waals surface area contributed by atoms with Gasteiger partial charge in [0.25, 0.3) is 0 Å². The number of rotatable bonds is 3. The highest BCUT2D eigenvalue weighted by molar-refractivity contribution is 5.78. The summed E-state index contributed by atoms with van der Waals surface area (Å²) in [5.74, 6) is 0.497. The van der Waals surface area contributed by atoms with E-state index in [1.807, 2.05) is 42.2 Å². The molecule has 3 heteroatoms. The lowest BCUT2D eigenvalue weighted by Gasteiger charge is -2.16. The summed E-state index contributed by atoms with van der Waals surface area (Å²) in [5.41, 5.74) is 4.04. The average Bonchev–Trinajstić information content (AvgIpc) is 2.86. The predicted octanol–water partition coefficient (Wildman–Crippen LogP) is 3.49. The number of aromatic hydroxyl groups is 1. The summed E-state index contributed by atoms with van der Waals surface area (Å²) in [7, 11) is 0. The second-order valence-corrected chi connectivity index (χ2v) is 5.64. The molecule has 0 radical (unpaired) electrons. The van der Waals surface area contributed by atoms with Crippen molar-refractivity contribution in [1.29, 1.82) is 0 Å². The minimum Gasteiger partial charge on any atom is -0.507 e. The molecule has 0 aromatic heterocycles. The third-order valence-corrected chi connectivity index (χ3v) is 3.93. The standard InChI is InChI=1S/C18H19NO2/c1-13-4-2-5-15(10-13)16-11-14(7-8-17(16)20)12-19-9-3-6-18(19)21/h2,4-5,7-8,10-11,20H,3,6,9,12H2,1H3. The lowest BCUT2D eigenvalue weighted by atomic mass is 10.00. The molecule has 2 aromatic carbocycles. The van der Waals surface area contributed by atoms with Crippen LogP contribution >= 0.6 is 0 Å². The molecule has 3 nitrogen and oxygen atoms in total. The molecule has 108 valence electrons. The molecule has 0 spiro atoms. The van der Waals surface area contributed by atoms with Gasteiger partial charge in [-0.3, -0.25) is 4.79 Å². The number of phenolic OH excluding ortho intramolecular Hbond substituents is 1. The van der Waals surface area contributed by atoms with Crippen molar-refractivity contribution in [3.05, 3.63) is 53.6 Å². The van der Waals surface area contributed by atoms with Crippen molar-refractivity contribution >= 4 is 5.91 Å². The molecule has 1 saturated heterocycles. The van der Waals surface area contributed by atoms with Crippen LogP contribution in [0.2, 0.25) is 0 Å². The molecule has 0 bridgehead atoms. The first-order chi connectivity index (χ1) is 10.1. The van der Waals surface area contributed by atoms with E-state index in [4.69, 9.17) is 0 Å². The van der Waals surface area contributed by atoms with Crippen LogP contribution in [-0.4, -0.2) is 22.5 Å². The van der Waals surface area contributed by atoms with Crippen molar-refractivity contribution in [3.8, 4) is 16.9 Å².